The molecule has 2 aliphatic carbocycles. The van der Waals surface area contributed by atoms with Crippen LogP contribution in [-0.4, -0.2) is 0 Å². The molecule has 0 radical (unpaired) electrons. The van der Waals surface area contributed by atoms with Crippen LogP contribution in [0.1, 0.15) is 40.5 Å². The van der Waals surface area contributed by atoms with Gasteiger partial charge < -0.3 is 0 Å². The Morgan fingerprint density at radius 3 is 1.47 bits per heavy atom. The predicted molar refractivity (Wildman–Crippen MR) is 62.1 cm³/mol. The first-order valence-electron chi connectivity index (χ1n) is 5.60. The van der Waals surface area contributed by atoms with Crippen LogP contribution in [-0.2, 0) is 23.2 Å². The van der Waals surface area contributed by atoms with Gasteiger partial charge in [-0.15, -0.1) is 0 Å². The Kier molecular flexibility index (Phi) is 3.31. The first kappa shape index (κ1) is 11.3. The standard InChI is InChI=1S/2C7H9.Zr/c2*1-6-3-4-7(2)5-6;/h2*3H,4H2,1-2H3;. The molecule has 0 amide bonds. The topological polar surface area (TPSA) is 0 Å². The molecule has 0 fully saturated rings. The third kappa shape index (κ3) is 2.18. The molecule has 0 aromatic rings. The molecule has 0 aromatic carbocycles. The van der Waals surface area contributed by atoms with E-state index < -0.39 is 23.2 Å². The van der Waals surface area contributed by atoms with Crippen molar-refractivity contribution in [3.8, 4) is 0 Å². The van der Waals surface area contributed by atoms with Gasteiger partial charge in [0.1, 0.15) is 0 Å². The van der Waals surface area contributed by atoms with Crippen LogP contribution in [0.4, 0.5) is 0 Å². The van der Waals surface area contributed by atoms with E-state index in [4.69, 9.17) is 0 Å². The zero-order valence-electron chi connectivity index (χ0n) is 10.1. The number of hydrogen-bond acceptors (Lipinski definition) is 0. The van der Waals surface area contributed by atoms with Gasteiger partial charge in [-0.25, -0.2) is 0 Å². The molecule has 0 spiro atoms. The van der Waals surface area contributed by atoms with E-state index in [0.717, 1.165) is 0 Å². The van der Waals surface area contributed by atoms with Crippen molar-refractivity contribution in [1.29, 1.82) is 0 Å². The zero-order valence-corrected chi connectivity index (χ0v) is 12.5. The Morgan fingerprint density at radius 1 is 0.800 bits per heavy atom. The SMILES string of the molecule is CC1=CCC(C)=[C]1[Zr][C]1=C(C)CC=C1C. The quantitative estimate of drug-likeness (QED) is 0.705. The third-order valence-electron chi connectivity index (χ3n) is 3.32. The van der Waals surface area contributed by atoms with E-state index in [9.17, 15) is 0 Å². The van der Waals surface area contributed by atoms with Crippen molar-refractivity contribution in [2.24, 2.45) is 0 Å². The van der Waals surface area contributed by atoms with E-state index in [1.165, 1.54) is 12.8 Å². The van der Waals surface area contributed by atoms with E-state index in [1.807, 2.05) is 0 Å². The van der Waals surface area contributed by atoms with E-state index in [2.05, 4.69) is 39.8 Å². The van der Waals surface area contributed by atoms with Crippen LogP contribution in [0, 0.1) is 0 Å². The van der Waals surface area contributed by atoms with Crippen LogP contribution < -0.4 is 0 Å². The first-order valence-corrected chi connectivity index (χ1v) is 8.06. The Labute approximate surface area is 104 Å². The second-order valence-corrected chi connectivity index (χ2v) is 7.69. The van der Waals surface area contributed by atoms with Gasteiger partial charge in [-0.3, -0.25) is 0 Å². The summed E-state index contributed by atoms with van der Waals surface area (Å²) in [5.74, 6) is 0. The molecule has 0 saturated heterocycles. The molecule has 0 nitrogen and oxygen atoms in total. The van der Waals surface area contributed by atoms with Crippen molar-refractivity contribution < 1.29 is 23.2 Å². The third-order valence-corrected chi connectivity index (χ3v) is 8.59. The molecule has 15 heavy (non-hydrogen) atoms. The van der Waals surface area contributed by atoms with Gasteiger partial charge in [-0.05, 0) is 0 Å². The normalized spacial score (nSPS) is 21.1. The van der Waals surface area contributed by atoms with Crippen LogP contribution >= 0.6 is 0 Å². The molecule has 0 N–H and O–H groups in total. The van der Waals surface area contributed by atoms with Gasteiger partial charge in [0.2, 0.25) is 0 Å². The molecule has 0 aromatic heterocycles. The fourth-order valence-corrected chi connectivity index (χ4v) is 5.87. The maximum absolute atomic E-state index is 2.40. The Hall–Kier alpha value is -0.157. The van der Waals surface area contributed by atoms with Gasteiger partial charge in [0.05, 0.1) is 0 Å². The Bertz CT molecular complexity index is 377. The maximum atomic E-state index is 2.40. The fourth-order valence-electron chi connectivity index (χ4n) is 2.23. The molecule has 2 rings (SSSR count). The fraction of sp³-hybridized carbons (Fsp3) is 0.429. The second-order valence-electron chi connectivity index (χ2n) is 4.62. The van der Waals surface area contributed by atoms with Crippen molar-refractivity contribution in [3.05, 3.63) is 41.0 Å². The summed E-state index contributed by atoms with van der Waals surface area (Å²) in [4.78, 5) is 0. The van der Waals surface area contributed by atoms with Crippen LogP contribution in [0.3, 0.4) is 0 Å². The molecule has 78 valence electrons. The molecule has 0 aliphatic heterocycles. The van der Waals surface area contributed by atoms with E-state index in [1.54, 1.807) is 28.9 Å². The van der Waals surface area contributed by atoms with Crippen molar-refractivity contribution in [2.75, 3.05) is 0 Å². The summed E-state index contributed by atoms with van der Waals surface area (Å²) in [7, 11) is 0. The summed E-state index contributed by atoms with van der Waals surface area (Å²) in [6.07, 6.45) is 7.21. The van der Waals surface area contributed by atoms with Gasteiger partial charge in [0.25, 0.3) is 0 Å². The minimum absolute atomic E-state index is 0.507. The van der Waals surface area contributed by atoms with Gasteiger partial charge in [-0.2, -0.15) is 0 Å². The van der Waals surface area contributed by atoms with Gasteiger partial charge in [-0.1, -0.05) is 0 Å². The summed E-state index contributed by atoms with van der Waals surface area (Å²) in [5.41, 5.74) is 6.41. The molecular formula is C14H18Zr. The summed E-state index contributed by atoms with van der Waals surface area (Å²) in [6.45, 7) is 9.20. The second kappa shape index (κ2) is 4.38. The molecule has 0 heterocycles. The number of hydrogen-bond donors (Lipinski definition) is 0. The molecule has 0 unspecified atom stereocenters. The zero-order chi connectivity index (χ0) is 11.0. The average molecular weight is 278 g/mol. The van der Waals surface area contributed by atoms with Crippen molar-refractivity contribution in [1.82, 2.24) is 0 Å². The van der Waals surface area contributed by atoms with Crippen molar-refractivity contribution in [3.63, 3.8) is 0 Å². The Balaban J connectivity index is 2.24. The van der Waals surface area contributed by atoms with Crippen molar-refractivity contribution >= 4 is 0 Å². The van der Waals surface area contributed by atoms with Gasteiger partial charge >= 0.3 is 105 Å². The summed E-state index contributed by atoms with van der Waals surface area (Å²) in [6, 6.07) is 0. The molecule has 0 atom stereocenters. The molecular weight excluding hydrogens is 259 g/mol. The first-order chi connectivity index (χ1) is 7.09. The van der Waals surface area contributed by atoms with Crippen LogP contribution in [0.25, 0.3) is 0 Å². The molecule has 0 bridgehead atoms. The molecule has 2 aliphatic rings. The van der Waals surface area contributed by atoms with E-state index in [-0.39, 0.29) is 0 Å². The average Bonchev–Trinajstić information content (AvgIpc) is 2.67. The summed E-state index contributed by atoms with van der Waals surface area (Å²) in [5, 5.41) is 0. The minimum atomic E-state index is -0.507. The van der Waals surface area contributed by atoms with Gasteiger partial charge in [0.15, 0.2) is 0 Å². The Morgan fingerprint density at radius 2 is 1.20 bits per heavy atom. The molecule has 1 heteroatoms. The van der Waals surface area contributed by atoms with Crippen LogP contribution in [0.2, 0.25) is 0 Å². The summed E-state index contributed by atoms with van der Waals surface area (Å²) < 4.78 is 3.50. The van der Waals surface area contributed by atoms with Crippen LogP contribution in [0.5, 0.6) is 0 Å². The van der Waals surface area contributed by atoms with E-state index in [0.29, 0.717) is 0 Å². The molecule has 0 saturated carbocycles. The monoisotopic (exact) mass is 276 g/mol. The number of rotatable bonds is 2. The van der Waals surface area contributed by atoms with Gasteiger partial charge in [0, 0.05) is 0 Å². The van der Waals surface area contributed by atoms with Crippen LogP contribution in [0.15, 0.2) is 41.0 Å². The number of allylic oxidation sites excluding steroid dienone is 8. The van der Waals surface area contributed by atoms with E-state index >= 15 is 0 Å². The summed E-state index contributed by atoms with van der Waals surface area (Å²) >= 11 is -0.507. The van der Waals surface area contributed by atoms with Crippen molar-refractivity contribution in [2.45, 2.75) is 40.5 Å². The predicted octanol–water partition coefficient (Wildman–Crippen LogP) is 4.32.